The summed E-state index contributed by atoms with van der Waals surface area (Å²) in [4.78, 5) is 15.5. The van der Waals surface area contributed by atoms with Gasteiger partial charge in [0.25, 0.3) is 0 Å². The minimum Gasteiger partial charge on any atom is -0.493 e. The third kappa shape index (κ3) is 8.13. The van der Waals surface area contributed by atoms with Crippen LogP contribution in [0.4, 0.5) is 0 Å². The van der Waals surface area contributed by atoms with Crippen molar-refractivity contribution in [3.63, 3.8) is 0 Å². The zero-order chi connectivity index (χ0) is 21.8. The number of nitrogens with zero attached hydrogens (tertiary/aromatic N) is 1. The monoisotopic (exact) mass is 428 g/mol. The molecule has 6 heteroatoms. The van der Waals surface area contributed by atoms with Crippen LogP contribution in [0.3, 0.4) is 0 Å². The van der Waals surface area contributed by atoms with Gasteiger partial charge in [0.2, 0.25) is 5.91 Å². The summed E-state index contributed by atoms with van der Waals surface area (Å²) in [5.41, 5.74) is 2.24. The van der Waals surface area contributed by atoms with Crippen LogP contribution in [0.15, 0.2) is 53.4 Å². The van der Waals surface area contributed by atoms with E-state index in [1.54, 1.807) is 32.1 Å². The van der Waals surface area contributed by atoms with E-state index in [4.69, 9.17) is 9.47 Å². The standard InChI is InChI=1S/C24H32N2O3S/c1-26(17-14-20-8-12-22(28-2)23(18-20)29-3)16-5-15-25-24(27)13-9-19-6-10-21(30-4)11-7-19/h6-13,18H,5,14-17H2,1-4H3,(H,25,27)/b13-9+. The van der Waals surface area contributed by atoms with Gasteiger partial charge in [-0.1, -0.05) is 18.2 Å². The Hall–Kier alpha value is -2.44. The molecule has 0 saturated carbocycles. The number of carbonyl (C=O) groups is 1. The Morgan fingerprint density at radius 3 is 2.47 bits per heavy atom. The van der Waals surface area contributed by atoms with Crippen molar-refractivity contribution in [1.29, 1.82) is 0 Å². The van der Waals surface area contributed by atoms with E-state index in [9.17, 15) is 4.79 Å². The quantitative estimate of drug-likeness (QED) is 0.313. The number of nitrogens with one attached hydrogen (secondary N) is 1. The Kier molecular flexibility index (Phi) is 10.3. The average Bonchev–Trinajstić information content (AvgIpc) is 2.79. The van der Waals surface area contributed by atoms with E-state index in [1.807, 2.05) is 36.6 Å². The highest BCUT2D eigenvalue weighted by atomic mass is 32.2. The zero-order valence-electron chi connectivity index (χ0n) is 18.3. The minimum absolute atomic E-state index is 0.0584. The molecule has 0 saturated heterocycles. The van der Waals surface area contributed by atoms with Crippen molar-refractivity contribution in [2.45, 2.75) is 17.7 Å². The van der Waals surface area contributed by atoms with Crippen LogP contribution in [0.1, 0.15) is 17.5 Å². The van der Waals surface area contributed by atoms with Crippen molar-refractivity contribution in [3.8, 4) is 11.5 Å². The summed E-state index contributed by atoms with van der Waals surface area (Å²) in [5.74, 6) is 1.45. The number of benzene rings is 2. The van der Waals surface area contributed by atoms with Gasteiger partial charge in [0.1, 0.15) is 0 Å². The summed E-state index contributed by atoms with van der Waals surface area (Å²) in [6.45, 7) is 2.53. The van der Waals surface area contributed by atoms with E-state index >= 15 is 0 Å². The highest BCUT2D eigenvalue weighted by Gasteiger charge is 2.06. The molecule has 0 heterocycles. The van der Waals surface area contributed by atoms with Crippen molar-refractivity contribution in [1.82, 2.24) is 10.2 Å². The van der Waals surface area contributed by atoms with Crippen molar-refractivity contribution in [2.75, 3.05) is 47.2 Å². The van der Waals surface area contributed by atoms with Gasteiger partial charge in [-0.05, 0) is 74.2 Å². The Bertz CT molecular complexity index is 822. The van der Waals surface area contributed by atoms with Crippen LogP contribution in [0, 0.1) is 0 Å². The predicted molar refractivity (Wildman–Crippen MR) is 126 cm³/mol. The molecule has 2 aromatic rings. The molecular formula is C24H32N2O3S. The normalized spacial score (nSPS) is 11.1. The first-order chi connectivity index (χ1) is 14.5. The van der Waals surface area contributed by atoms with Crippen LogP contribution in [0.25, 0.3) is 6.08 Å². The molecule has 0 bridgehead atoms. The number of hydrogen-bond acceptors (Lipinski definition) is 5. The Morgan fingerprint density at radius 1 is 1.07 bits per heavy atom. The van der Waals surface area contributed by atoms with Gasteiger partial charge in [0, 0.05) is 24.1 Å². The fourth-order valence-electron chi connectivity index (χ4n) is 2.97. The number of hydrogen-bond donors (Lipinski definition) is 1. The van der Waals surface area contributed by atoms with E-state index in [1.165, 1.54) is 10.5 Å². The van der Waals surface area contributed by atoms with E-state index in [0.29, 0.717) is 6.54 Å². The molecule has 0 aliphatic rings. The first kappa shape index (κ1) is 23.8. The number of ether oxygens (including phenoxy) is 2. The molecule has 30 heavy (non-hydrogen) atoms. The molecule has 162 valence electrons. The largest absolute Gasteiger partial charge is 0.493 e. The molecule has 0 radical (unpaired) electrons. The number of likely N-dealkylation sites (N-methyl/N-ethyl adjacent to an activating group) is 1. The fraction of sp³-hybridized carbons (Fsp3) is 0.375. The molecule has 2 rings (SSSR count). The van der Waals surface area contributed by atoms with Crippen molar-refractivity contribution >= 4 is 23.7 Å². The lowest BCUT2D eigenvalue weighted by molar-refractivity contribution is -0.116. The first-order valence-electron chi connectivity index (χ1n) is 10.0. The van der Waals surface area contributed by atoms with Gasteiger partial charge in [-0.25, -0.2) is 0 Å². The highest BCUT2D eigenvalue weighted by Crippen LogP contribution is 2.27. The molecule has 5 nitrogen and oxygen atoms in total. The van der Waals surface area contributed by atoms with Crippen molar-refractivity contribution < 1.29 is 14.3 Å². The van der Waals surface area contributed by atoms with Crippen molar-refractivity contribution in [2.24, 2.45) is 0 Å². The second-order valence-electron chi connectivity index (χ2n) is 6.99. The molecule has 0 aliphatic heterocycles. The zero-order valence-corrected chi connectivity index (χ0v) is 19.1. The maximum atomic E-state index is 12.0. The molecule has 1 amide bonds. The summed E-state index contributed by atoms with van der Waals surface area (Å²) in [5, 5.41) is 2.95. The lowest BCUT2D eigenvalue weighted by Crippen LogP contribution is -2.28. The summed E-state index contributed by atoms with van der Waals surface area (Å²) < 4.78 is 10.6. The maximum absolute atomic E-state index is 12.0. The third-order valence-corrected chi connectivity index (χ3v) is 5.53. The number of methoxy groups -OCH3 is 2. The van der Waals surface area contributed by atoms with Crippen LogP contribution >= 0.6 is 11.8 Å². The van der Waals surface area contributed by atoms with Crippen LogP contribution in [0.2, 0.25) is 0 Å². The molecule has 0 unspecified atom stereocenters. The summed E-state index contributed by atoms with van der Waals surface area (Å²) >= 11 is 1.70. The van der Waals surface area contributed by atoms with Crippen LogP contribution in [0.5, 0.6) is 11.5 Å². The lowest BCUT2D eigenvalue weighted by Gasteiger charge is -2.17. The molecule has 0 aromatic heterocycles. The van der Waals surface area contributed by atoms with Crippen LogP contribution in [-0.2, 0) is 11.2 Å². The van der Waals surface area contributed by atoms with Gasteiger partial charge < -0.3 is 19.7 Å². The molecule has 0 atom stereocenters. The number of thioether (sulfide) groups is 1. The number of rotatable bonds is 12. The summed E-state index contributed by atoms with van der Waals surface area (Å²) in [7, 11) is 5.39. The van der Waals surface area contributed by atoms with Gasteiger partial charge in [0.05, 0.1) is 14.2 Å². The second-order valence-corrected chi connectivity index (χ2v) is 7.87. The Balaban J connectivity index is 1.65. The van der Waals surface area contributed by atoms with Crippen LogP contribution in [-0.4, -0.2) is 58.0 Å². The second kappa shape index (κ2) is 13.0. The van der Waals surface area contributed by atoms with Crippen LogP contribution < -0.4 is 14.8 Å². The minimum atomic E-state index is -0.0584. The number of amides is 1. The van der Waals surface area contributed by atoms with Gasteiger partial charge in [-0.15, -0.1) is 11.8 Å². The lowest BCUT2D eigenvalue weighted by atomic mass is 10.1. The van der Waals surface area contributed by atoms with E-state index in [-0.39, 0.29) is 5.91 Å². The molecular weight excluding hydrogens is 396 g/mol. The Labute approximate surface area is 184 Å². The van der Waals surface area contributed by atoms with Gasteiger partial charge in [-0.3, -0.25) is 4.79 Å². The van der Waals surface area contributed by atoms with Gasteiger partial charge in [-0.2, -0.15) is 0 Å². The molecule has 1 N–H and O–H groups in total. The highest BCUT2D eigenvalue weighted by molar-refractivity contribution is 7.98. The van der Waals surface area contributed by atoms with E-state index in [0.717, 1.165) is 43.0 Å². The SMILES string of the molecule is COc1ccc(CCN(C)CCCNC(=O)/C=C/c2ccc(SC)cc2)cc1OC. The summed E-state index contributed by atoms with van der Waals surface area (Å²) in [6.07, 6.45) is 7.32. The first-order valence-corrected chi connectivity index (χ1v) is 11.3. The van der Waals surface area contributed by atoms with E-state index in [2.05, 4.69) is 35.5 Å². The topological polar surface area (TPSA) is 50.8 Å². The number of carbonyl (C=O) groups excluding carboxylic acids is 1. The molecule has 0 aliphatic carbocycles. The maximum Gasteiger partial charge on any atom is 0.243 e. The molecule has 2 aromatic carbocycles. The van der Waals surface area contributed by atoms with Crippen molar-refractivity contribution in [3.05, 3.63) is 59.7 Å². The van der Waals surface area contributed by atoms with Gasteiger partial charge >= 0.3 is 0 Å². The van der Waals surface area contributed by atoms with E-state index < -0.39 is 0 Å². The fourth-order valence-corrected chi connectivity index (χ4v) is 3.38. The third-order valence-electron chi connectivity index (χ3n) is 4.79. The average molecular weight is 429 g/mol. The molecule has 0 fully saturated rings. The Morgan fingerprint density at radius 2 is 1.80 bits per heavy atom. The summed E-state index contributed by atoms with van der Waals surface area (Å²) in [6, 6.07) is 14.2. The molecule has 0 spiro atoms. The van der Waals surface area contributed by atoms with Gasteiger partial charge in [0.15, 0.2) is 11.5 Å². The predicted octanol–water partition coefficient (Wildman–Crippen LogP) is 4.12. The smallest absolute Gasteiger partial charge is 0.243 e.